The van der Waals surface area contributed by atoms with Crippen molar-refractivity contribution in [2.24, 2.45) is 5.41 Å². The summed E-state index contributed by atoms with van der Waals surface area (Å²) in [6.07, 6.45) is 8.05. The fraction of sp³-hybridized carbons (Fsp3) is 0.550. The predicted molar refractivity (Wildman–Crippen MR) is 98.7 cm³/mol. The zero-order chi connectivity index (χ0) is 17.5. The van der Waals surface area contributed by atoms with E-state index in [9.17, 15) is 5.11 Å². The van der Waals surface area contributed by atoms with Gasteiger partial charge in [0.15, 0.2) is 0 Å². The largest absolute Gasteiger partial charge is 0.497 e. The summed E-state index contributed by atoms with van der Waals surface area (Å²) in [5.74, 6) is 0.887. The first-order valence-corrected chi connectivity index (χ1v) is 9.17. The molecule has 0 amide bonds. The smallest absolute Gasteiger partial charge is 0.119 e. The molecule has 2 heterocycles. The molecule has 0 saturated carbocycles. The van der Waals surface area contributed by atoms with Crippen molar-refractivity contribution in [2.75, 3.05) is 33.4 Å². The molecule has 1 saturated heterocycles. The van der Waals surface area contributed by atoms with Crippen LogP contribution in [0.4, 0.5) is 0 Å². The molecule has 1 fully saturated rings. The van der Waals surface area contributed by atoms with Crippen molar-refractivity contribution in [1.29, 1.82) is 0 Å². The van der Waals surface area contributed by atoms with Gasteiger partial charge in [0, 0.05) is 30.9 Å². The van der Waals surface area contributed by atoms with Crippen molar-refractivity contribution in [2.45, 2.75) is 32.2 Å². The van der Waals surface area contributed by atoms with Gasteiger partial charge in [-0.1, -0.05) is 12.1 Å². The van der Waals surface area contributed by atoms with Gasteiger partial charge in [0.1, 0.15) is 5.75 Å². The van der Waals surface area contributed by atoms with Crippen LogP contribution in [0.25, 0.3) is 0 Å². The Hall–Kier alpha value is -1.85. The summed E-state index contributed by atoms with van der Waals surface area (Å²) in [4.78, 5) is 2.50. The quantitative estimate of drug-likeness (QED) is 0.800. The highest BCUT2D eigenvalue weighted by atomic mass is 16.5. The van der Waals surface area contributed by atoms with E-state index >= 15 is 0 Å². The van der Waals surface area contributed by atoms with Crippen LogP contribution < -0.4 is 4.74 Å². The number of aromatic nitrogens is 2. The zero-order valence-electron chi connectivity index (χ0n) is 15.1. The normalized spacial score (nSPS) is 21.4. The molecule has 1 aromatic heterocycles. The first kappa shape index (κ1) is 18.0. The van der Waals surface area contributed by atoms with Crippen molar-refractivity contribution in [1.82, 2.24) is 14.7 Å². The van der Waals surface area contributed by atoms with E-state index in [-0.39, 0.29) is 12.0 Å². The molecule has 5 nitrogen and oxygen atoms in total. The second-order valence-electron chi connectivity index (χ2n) is 7.19. The molecule has 1 aromatic carbocycles. The SMILES string of the molecule is COc1cccc(C[C@]2(CO)CCCN(CCCn3cccn3)C2)c1. The number of likely N-dealkylation sites (tertiary alicyclic amines) is 1. The number of aliphatic hydroxyl groups excluding tert-OH is 1. The molecule has 1 aliphatic heterocycles. The molecule has 25 heavy (non-hydrogen) atoms. The number of ether oxygens (including phenoxy) is 1. The Labute approximate surface area is 150 Å². The van der Waals surface area contributed by atoms with E-state index in [0.29, 0.717) is 0 Å². The molecule has 1 N–H and O–H groups in total. The molecule has 5 heteroatoms. The molecule has 2 aromatic rings. The summed E-state index contributed by atoms with van der Waals surface area (Å²) in [5.41, 5.74) is 1.20. The molecular weight excluding hydrogens is 314 g/mol. The van der Waals surface area contributed by atoms with Crippen LogP contribution in [0, 0.1) is 5.41 Å². The van der Waals surface area contributed by atoms with Crippen LogP contribution in [0.2, 0.25) is 0 Å². The Kier molecular flexibility index (Phi) is 6.10. The van der Waals surface area contributed by atoms with E-state index in [2.05, 4.69) is 22.1 Å². The number of hydrogen-bond donors (Lipinski definition) is 1. The van der Waals surface area contributed by atoms with E-state index in [1.165, 1.54) is 5.56 Å². The lowest BCUT2D eigenvalue weighted by Gasteiger charge is -2.42. The molecule has 0 radical (unpaired) electrons. The van der Waals surface area contributed by atoms with Gasteiger partial charge in [-0.15, -0.1) is 0 Å². The van der Waals surface area contributed by atoms with Crippen molar-refractivity contribution < 1.29 is 9.84 Å². The van der Waals surface area contributed by atoms with Crippen molar-refractivity contribution in [3.8, 4) is 5.75 Å². The molecule has 1 atom stereocenters. The van der Waals surface area contributed by atoms with Gasteiger partial charge in [-0.3, -0.25) is 4.68 Å². The molecule has 136 valence electrons. The third-order valence-electron chi connectivity index (χ3n) is 5.21. The minimum atomic E-state index is -0.0453. The Bertz CT molecular complexity index is 644. The second kappa shape index (κ2) is 8.50. The highest BCUT2D eigenvalue weighted by molar-refractivity contribution is 5.29. The van der Waals surface area contributed by atoms with Gasteiger partial charge >= 0.3 is 0 Å². The van der Waals surface area contributed by atoms with E-state index in [0.717, 1.165) is 57.6 Å². The van der Waals surface area contributed by atoms with Gasteiger partial charge < -0.3 is 14.7 Å². The second-order valence-corrected chi connectivity index (χ2v) is 7.19. The fourth-order valence-electron chi connectivity index (χ4n) is 3.93. The van der Waals surface area contributed by atoms with E-state index in [1.807, 2.05) is 35.3 Å². The molecule has 3 rings (SSSR count). The average molecular weight is 343 g/mol. The van der Waals surface area contributed by atoms with Crippen LogP contribution in [0.15, 0.2) is 42.7 Å². The third-order valence-corrected chi connectivity index (χ3v) is 5.21. The summed E-state index contributed by atoms with van der Waals surface area (Å²) in [7, 11) is 1.70. The van der Waals surface area contributed by atoms with Gasteiger partial charge in [-0.2, -0.15) is 5.10 Å². The van der Waals surface area contributed by atoms with Crippen LogP contribution in [-0.4, -0.2) is 53.1 Å². The minimum absolute atomic E-state index is 0.0453. The van der Waals surface area contributed by atoms with Crippen LogP contribution in [0.5, 0.6) is 5.75 Å². The maximum absolute atomic E-state index is 10.2. The van der Waals surface area contributed by atoms with Gasteiger partial charge in [-0.05, 0) is 62.5 Å². The number of rotatable bonds is 8. The first-order valence-electron chi connectivity index (χ1n) is 9.17. The number of aliphatic hydroxyl groups is 1. The van der Waals surface area contributed by atoms with E-state index in [4.69, 9.17) is 4.74 Å². The summed E-state index contributed by atoms with van der Waals surface area (Å²) in [5, 5.41) is 14.4. The van der Waals surface area contributed by atoms with Gasteiger partial charge in [0.2, 0.25) is 0 Å². The van der Waals surface area contributed by atoms with Crippen molar-refractivity contribution in [3.05, 3.63) is 48.3 Å². The molecule has 1 aliphatic rings. The predicted octanol–water partition coefficient (Wildman–Crippen LogP) is 2.60. The number of nitrogens with zero attached hydrogens (tertiary/aromatic N) is 3. The van der Waals surface area contributed by atoms with Crippen LogP contribution in [0.1, 0.15) is 24.8 Å². The number of methoxy groups -OCH3 is 1. The zero-order valence-corrected chi connectivity index (χ0v) is 15.1. The molecule has 0 aliphatic carbocycles. The highest BCUT2D eigenvalue weighted by Gasteiger charge is 2.35. The Balaban J connectivity index is 1.58. The van der Waals surface area contributed by atoms with Crippen LogP contribution in [-0.2, 0) is 13.0 Å². The van der Waals surface area contributed by atoms with Crippen LogP contribution >= 0.6 is 0 Å². The molecular formula is C20H29N3O2. The van der Waals surface area contributed by atoms with E-state index in [1.54, 1.807) is 7.11 Å². The highest BCUT2D eigenvalue weighted by Crippen LogP contribution is 2.34. The van der Waals surface area contributed by atoms with Crippen LogP contribution in [0.3, 0.4) is 0 Å². The number of aryl methyl sites for hydroxylation is 1. The molecule has 0 spiro atoms. The Morgan fingerprint density at radius 3 is 2.96 bits per heavy atom. The molecule has 0 unspecified atom stereocenters. The van der Waals surface area contributed by atoms with Crippen molar-refractivity contribution in [3.63, 3.8) is 0 Å². The topological polar surface area (TPSA) is 50.5 Å². The minimum Gasteiger partial charge on any atom is -0.497 e. The van der Waals surface area contributed by atoms with Gasteiger partial charge in [-0.25, -0.2) is 0 Å². The maximum atomic E-state index is 10.2. The lowest BCUT2D eigenvalue weighted by Crippen LogP contribution is -2.47. The molecule has 0 bridgehead atoms. The first-order chi connectivity index (χ1) is 12.2. The monoisotopic (exact) mass is 343 g/mol. The summed E-state index contributed by atoms with van der Waals surface area (Å²) >= 11 is 0. The summed E-state index contributed by atoms with van der Waals surface area (Å²) < 4.78 is 7.32. The van der Waals surface area contributed by atoms with Gasteiger partial charge in [0.05, 0.1) is 13.7 Å². The van der Waals surface area contributed by atoms with Crippen molar-refractivity contribution >= 4 is 0 Å². The van der Waals surface area contributed by atoms with E-state index < -0.39 is 0 Å². The standard InChI is InChI=1S/C20H29N3O2/c1-25-19-7-2-6-18(14-19)15-20(17-24)8-3-10-22(16-20)11-5-13-23-12-4-9-21-23/h2,4,6-7,9,12,14,24H,3,5,8,10-11,13,15-17H2,1H3/t20-/m1/s1. The number of benzene rings is 1. The number of piperidine rings is 1. The summed E-state index contributed by atoms with van der Waals surface area (Å²) in [6.45, 7) is 4.32. The number of hydrogen-bond acceptors (Lipinski definition) is 4. The Morgan fingerprint density at radius 2 is 2.20 bits per heavy atom. The van der Waals surface area contributed by atoms with Gasteiger partial charge in [0.25, 0.3) is 0 Å². The maximum Gasteiger partial charge on any atom is 0.119 e. The third kappa shape index (κ3) is 4.83. The lowest BCUT2D eigenvalue weighted by molar-refractivity contribution is 0.0314. The average Bonchev–Trinajstić information content (AvgIpc) is 3.16. The Morgan fingerprint density at radius 1 is 1.28 bits per heavy atom. The summed E-state index contributed by atoms with van der Waals surface area (Å²) in [6, 6.07) is 10.2. The lowest BCUT2D eigenvalue weighted by atomic mass is 9.75. The fourth-order valence-corrected chi connectivity index (χ4v) is 3.93.